The van der Waals surface area contributed by atoms with Crippen LogP contribution < -0.4 is 20.3 Å². The molecule has 1 aromatic carbocycles. The first-order chi connectivity index (χ1) is 19.4. The van der Waals surface area contributed by atoms with Crippen LogP contribution in [-0.4, -0.2) is 71.6 Å². The van der Waals surface area contributed by atoms with Crippen molar-refractivity contribution >= 4 is 35.1 Å². The Kier molecular flexibility index (Phi) is 9.70. The van der Waals surface area contributed by atoms with E-state index in [2.05, 4.69) is 36.5 Å². The molecule has 9 nitrogen and oxygen atoms in total. The minimum Gasteiger partial charge on any atom is -0.436 e. The van der Waals surface area contributed by atoms with E-state index in [1.807, 2.05) is 18.2 Å². The fourth-order valence-corrected chi connectivity index (χ4v) is 5.67. The molecule has 2 saturated heterocycles. The van der Waals surface area contributed by atoms with Crippen molar-refractivity contribution in [3.05, 3.63) is 58.3 Å². The summed E-state index contributed by atoms with van der Waals surface area (Å²) in [6, 6.07) is 9.44. The van der Waals surface area contributed by atoms with Crippen molar-refractivity contribution in [2.24, 2.45) is 5.92 Å². The number of pyridine rings is 1. The highest BCUT2D eigenvalue weighted by atomic mass is 35.5. The average molecular weight is 585 g/mol. The minimum atomic E-state index is 0.0275. The molecule has 2 aromatic heterocycles. The van der Waals surface area contributed by atoms with Crippen LogP contribution in [-0.2, 0) is 11.3 Å². The lowest BCUT2D eigenvalue weighted by molar-refractivity contribution is -0.119. The van der Waals surface area contributed by atoms with Gasteiger partial charge in [0.1, 0.15) is 0 Å². The predicted octanol–water partition coefficient (Wildman–Crippen LogP) is 4.79. The zero-order chi connectivity index (χ0) is 27.9. The van der Waals surface area contributed by atoms with Crippen molar-refractivity contribution in [1.29, 1.82) is 0 Å². The second-order valence-electron chi connectivity index (χ2n) is 10.4. The Morgan fingerprint density at radius 3 is 2.50 bits per heavy atom. The number of benzene rings is 1. The molecule has 0 atom stereocenters. The van der Waals surface area contributed by atoms with Gasteiger partial charge in [-0.1, -0.05) is 23.2 Å². The number of hydrogen-bond acceptors (Lipinski definition) is 8. The van der Waals surface area contributed by atoms with E-state index in [9.17, 15) is 4.79 Å². The molecular weight excluding hydrogens is 549 g/mol. The lowest BCUT2D eigenvalue weighted by atomic mass is 9.96. The molecule has 0 bridgehead atoms. The van der Waals surface area contributed by atoms with Crippen molar-refractivity contribution in [2.75, 3.05) is 50.7 Å². The van der Waals surface area contributed by atoms with Crippen LogP contribution in [0, 0.1) is 5.92 Å². The van der Waals surface area contributed by atoms with Gasteiger partial charge in [-0.15, -0.1) is 0 Å². The van der Waals surface area contributed by atoms with Crippen LogP contribution in [0.1, 0.15) is 31.7 Å². The zero-order valence-electron chi connectivity index (χ0n) is 22.7. The van der Waals surface area contributed by atoms with Crippen LogP contribution in [0.15, 0.2) is 42.7 Å². The summed E-state index contributed by atoms with van der Waals surface area (Å²) in [7, 11) is 0. The van der Waals surface area contributed by atoms with Gasteiger partial charge in [0.15, 0.2) is 5.75 Å². The quantitative estimate of drug-likeness (QED) is 0.391. The van der Waals surface area contributed by atoms with Gasteiger partial charge in [0.05, 0.1) is 18.1 Å². The third-order valence-corrected chi connectivity index (χ3v) is 7.67. The summed E-state index contributed by atoms with van der Waals surface area (Å²) >= 11 is 12.6. The molecule has 4 heterocycles. The first-order valence-electron chi connectivity index (χ1n) is 13.8. The smallest absolute Gasteiger partial charge is 0.225 e. The molecule has 0 aliphatic carbocycles. The lowest BCUT2D eigenvalue weighted by Gasteiger charge is -2.32. The first kappa shape index (κ1) is 28.5. The van der Waals surface area contributed by atoms with Crippen LogP contribution in [0.25, 0.3) is 11.3 Å². The van der Waals surface area contributed by atoms with Gasteiger partial charge < -0.3 is 20.3 Å². The highest BCUT2D eigenvalue weighted by Gasteiger charge is 2.20. The van der Waals surface area contributed by atoms with E-state index in [0.29, 0.717) is 33.5 Å². The van der Waals surface area contributed by atoms with Gasteiger partial charge >= 0.3 is 0 Å². The molecule has 2 N–H and O–H groups in total. The van der Waals surface area contributed by atoms with E-state index in [0.717, 1.165) is 88.4 Å². The Balaban J connectivity index is 1.33. The van der Waals surface area contributed by atoms with Gasteiger partial charge in [-0.25, -0.2) is 15.0 Å². The third-order valence-electron chi connectivity index (χ3n) is 7.23. The van der Waals surface area contributed by atoms with Crippen molar-refractivity contribution < 1.29 is 9.53 Å². The van der Waals surface area contributed by atoms with E-state index >= 15 is 0 Å². The topological polar surface area (TPSA) is 95.5 Å². The fourth-order valence-electron chi connectivity index (χ4n) is 5.14. The van der Waals surface area contributed by atoms with Crippen molar-refractivity contribution in [3.63, 3.8) is 0 Å². The third kappa shape index (κ3) is 8.04. The predicted molar refractivity (Wildman–Crippen MR) is 158 cm³/mol. The molecule has 3 aromatic rings. The summed E-state index contributed by atoms with van der Waals surface area (Å²) in [6.45, 7) is 8.71. The lowest BCUT2D eigenvalue weighted by Crippen LogP contribution is -2.37. The van der Waals surface area contributed by atoms with Crippen molar-refractivity contribution in [2.45, 2.75) is 32.7 Å². The van der Waals surface area contributed by atoms with Gasteiger partial charge in [-0.3, -0.25) is 9.69 Å². The molecule has 11 heteroatoms. The minimum absolute atomic E-state index is 0.0275. The first-order valence-corrected chi connectivity index (χ1v) is 14.6. The van der Waals surface area contributed by atoms with Crippen LogP contribution >= 0.6 is 23.2 Å². The highest BCUT2D eigenvalue weighted by Crippen LogP contribution is 2.31. The Labute approximate surface area is 245 Å². The van der Waals surface area contributed by atoms with E-state index in [1.54, 1.807) is 25.4 Å². The maximum Gasteiger partial charge on any atom is 0.225 e. The number of carbonyl (C=O) groups excluding carboxylic acids is 1. The Morgan fingerprint density at radius 2 is 1.77 bits per heavy atom. The van der Waals surface area contributed by atoms with Gasteiger partial charge in [-0.2, -0.15) is 0 Å². The molecule has 0 saturated carbocycles. The van der Waals surface area contributed by atoms with Crippen LogP contribution in [0.5, 0.6) is 11.6 Å². The zero-order valence-corrected chi connectivity index (χ0v) is 24.2. The van der Waals surface area contributed by atoms with Gasteiger partial charge in [0, 0.05) is 61.3 Å². The molecule has 212 valence electrons. The van der Waals surface area contributed by atoms with Gasteiger partial charge in [-0.05, 0) is 74.6 Å². The van der Waals surface area contributed by atoms with Crippen LogP contribution in [0.2, 0.25) is 10.0 Å². The molecule has 1 amide bonds. The van der Waals surface area contributed by atoms with E-state index in [1.165, 1.54) is 0 Å². The van der Waals surface area contributed by atoms with E-state index < -0.39 is 0 Å². The molecular formula is C29H35Cl2N7O2. The number of nitrogens with zero attached hydrogens (tertiary/aromatic N) is 5. The molecule has 40 heavy (non-hydrogen) atoms. The highest BCUT2D eigenvalue weighted by molar-refractivity contribution is 6.35. The standard InChI is InChI=1S/C29H35Cl2N7O2/c1-20(39)33-16-21-3-8-37(9-4-21)19-22-11-27(23-13-24(30)15-25(31)14-23)36-28(12-22)40-26-17-34-29(35-18-26)38-7-2-5-32-6-10-38/h11-15,17-18,21,32H,2-10,16,19H2,1H3,(H,33,39). The summed E-state index contributed by atoms with van der Waals surface area (Å²) in [5.74, 6) is 2.22. The maximum atomic E-state index is 11.3. The Hall–Kier alpha value is -2.98. The number of likely N-dealkylation sites (tertiary alicyclic amines) is 1. The number of rotatable bonds is 8. The molecule has 5 rings (SSSR count). The number of halogens is 2. The average Bonchev–Trinajstić information content (AvgIpc) is 3.22. The molecule has 0 spiro atoms. The Morgan fingerprint density at radius 1 is 1.02 bits per heavy atom. The largest absolute Gasteiger partial charge is 0.436 e. The summed E-state index contributed by atoms with van der Waals surface area (Å²) in [4.78, 5) is 29.8. The van der Waals surface area contributed by atoms with Gasteiger partial charge in [0.25, 0.3) is 0 Å². The number of piperidine rings is 1. The Bertz CT molecular complexity index is 1270. The number of ether oxygens (including phenoxy) is 1. The molecule has 2 fully saturated rings. The normalized spacial score (nSPS) is 16.9. The van der Waals surface area contributed by atoms with Crippen molar-refractivity contribution in [1.82, 2.24) is 30.5 Å². The van der Waals surface area contributed by atoms with Crippen LogP contribution in [0.3, 0.4) is 0 Å². The summed E-state index contributed by atoms with van der Waals surface area (Å²) in [5.41, 5.74) is 2.62. The summed E-state index contributed by atoms with van der Waals surface area (Å²) in [6.07, 6.45) is 6.54. The number of aromatic nitrogens is 3. The molecule has 2 aliphatic heterocycles. The number of hydrogen-bond donors (Lipinski definition) is 2. The second kappa shape index (κ2) is 13.6. The fraction of sp³-hybridized carbons (Fsp3) is 0.448. The number of nitrogens with one attached hydrogen (secondary N) is 2. The number of amides is 1. The van der Waals surface area contributed by atoms with E-state index in [-0.39, 0.29) is 5.91 Å². The van der Waals surface area contributed by atoms with Crippen LogP contribution in [0.4, 0.5) is 5.95 Å². The number of carbonyl (C=O) groups is 1. The van der Waals surface area contributed by atoms with Gasteiger partial charge in [0.2, 0.25) is 17.7 Å². The molecule has 2 aliphatic rings. The van der Waals surface area contributed by atoms with E-state index in [4.69, 9.17) is 32.9 Å². The SMILES string of the molecule is CC(=O)NCC1CCN(Cc2cc(Oc3cnc(N4CCCNCC4)nc3)nc(-c3cc(Cl)cc(Cl)c3)c2)CC1. The molecule has 0 radical (unpaired) electrons. The molecule has 0 unspecified atom stereocenters. The monoisotopic (exact) mass is 583 g/mol. The second-order valence-corrected chi connectivity index (χ2v) is 11.3. The van der Waals surface area contributed by atoms with Crippen molar-refractivity contribution in [3.8, 4) is 22.9 Å². The summed E-state index contributed by atoms with van der Waals surface area (Å²) in [5, 5.41) is 7.44. The summed E-state index contributed by atoms with van der Waals surface area (Å²) < 4.78 is 6.18. The number of anilines is 1. The maximum absolute atomic E-state index is 11.3.